The Morgan fingerprint density at radius 3 is 2.29 bits per heavy atom. The zero-order valence-electron chi connectivity index (χ0n) is 19.2. The van der Waals surface area contributed by atoms with Gasteiger partial charge in [-0.15, -0.1) is 0 Å². The van der Waals surface area contributed by atoms with Gasteiger partial charge >= 0.3 is 6.09 Å². The second-order valence-corrected chi connectivity index (χ2v) is 9.35. The Balaban J connectivity index is 1.36. The van der Waals surface area contributed by atoms with Crippen molar-refractivity contribution in [3.63, 3.8) is 0 Å². The number of rotatable bonds is 5. The average molecular weight is 463 g/mol. The van der Waals surface area contributed by atoms with Crippen LogP contribution in [0.5, 0.6) is 0 Å². The van der Waals surface area contributed by atoms with Gasteiger partial charge in [-0.05, 0) is 49.1 Å². The number of carbonyl (C=O) groups excluding carboxylic acids is 1. The van der Waals surface area contributed by atoms with E-state index in [0.29, 0.717) is 5.69 Å². The Bertz CT molecular complexity index is 1160. The van der Waals surface area contributed by atoms with Crippen LogP contribution in [0, 0.1) is 30.4 Å². The number of aryl methyl sites for hydroxylation is 1. The summed E-state index contributed by atoms with van der Waals surface area (Å²) in [6, 6.07) is 21.2. The number of hydrogen-bond donors (Lipinski definition) is 0. The molecule has 2 unspecified atom stereocenters. The van der Waals surface area contributed by atoms with E-state index in [0.717, 1.165) is 50.2 Å². The van der Waals surface area contributed by atoms with Crippen molar-refractivity contribution in [3.8, 4) is 0 Å². The summed E-state index contributed by atoms with van der Waals surface area (Å²) in [5.74, 6) is -1.44. The summed E-state index contributed by atoms with van der Waals surface area (Å²) >= 11 is 0. The highest BCUT2D eigenvalue weighted by atomic mass is 19.2. The highest BCUT2D eigenvalue weighted by molar-refractivity contribution is 5.96. The molecular weight excluding hydrogens is 434 g/mol. The Morgan fingerprint density at radius 2 is 1.62 bits per heavy atom. The van der Waals surface area contributed by atoms with Crippen molar-refractivity contribution >= 4 is 17.5 Å². The molecule has 2 atom stereocenters. The second kappa shape index (κ2) is 9.55. The quantitative estimate of drug-likeness (QED) is 0.436. The van der Waals surface area contributed by atoms with Crippen LogP contribution >= 0.6 is 0 Å². The van der Waals surface area contributed by atoms with E-state index in [9.17, 15) is 13.6 Å². The minimum atomic E-state index is -1.00. The number of nitrogens with zero attached hydrogens (tertiary/aromatic N) is 2. The SMILES string of the molecule is Cc1ccccc1N(C(=O)OC1C2CCC1CN(Cc1ccccc1)C2)c1ccc(F)c(F)c1. The molecule has 2 aliphatic rings. The van der Waals surface area contributed by atoms with Crippen LogP contribution in [0.1, 0.15) is 24.0 Å². The normalized spacial score (nSPS) is 21.9. The van der Waals surface area contributed by atoms with Crippen LogP contribution in [0.2, 0.25) is 0 Å². The second-order valence-electron chi connectivity index (χ2n) is 9.35. The number of hydrogen-bond acceptors (Lipinski definition) is 3. The standard InChI is InChI=1S/C28H28F2N2O2/c1-19-7-5-6-10-26(19)32(23-13-14-24(29)25(30)15-23)28(33)34-27-21-11-12-22(27)18-31(17-21)16-20-8-3-2-4-9-20/h2-10,13-15,21-22,27H,11-12,16-18H2,1H3. The van der Waals surface area contributed by atoms with E-state index in [1.54, 1.807) is 6.07 Å². The summed E-state index contributed by atoms with van der Waals surface area (Å²) in [6.45, 7) is 4.51. The molecule has 3 aromatic carbocycles. The number of para-hydroxylation sites is 1. The van der Waals surface area contributed by atoms with Gasteiger partial charge in [0, 0.05) is 37.5 Å². The third kappa shape index (κ3) is 4.55. The third-order valence-corrected chi connectivity index (χ3v) is 7.01. The van der Waals surface area contributed by atoms with Crippen molar-refractivity contribution < 1.29 is 18.3 Å². The van der Waals surface area contributed by atoms with E-state index in [-0.39, 0.29) is 23.6 Å². The lowest BCUT2D eigenvalue weighted by atomic mass is 9.94. The maximum Gasteiger partial charge on any atom is 0.419 e. The van der Waals surface area contributed by atoms with E-state index < -0.39 is 17.7 Å². The molecule has 3 aromatic rings. The number of fused-ring (bicyclic) bond motifs is 2. The van der Waals surface area contributed by atoms with Crippen molar-refractivity contribution in [2.75, 3.05) is 18.0 Å². The molecule has 1 aliphatic carbocycles. The lowest BCUT2D eigenvalue weighted by molar-refractivity contribution is 0.000954. The number of amides is 1. The minimum Gasteiger partial charge on any atom is -0.445 e. The van der Waals surface area contributed by atoms with Gasteiger partial charge in [0.05, 0.1) is 11.4 Å². The zero-order valence-corrected chi connectivity index (χ0v) is 19.2. The molecule has 0 aromatic heterocycles. The Hall–Kier alpha value is -3.25. The molecule has 4 nitrogen and oxygen atoms in total. The first-order valence-electron chi connectivity index (χ1n) is 11.8. The fourth-order valence-corrected chi connectivity index (χ4v) is 5.38. The number of ether oxygens (including phenoxy) is 1. The van der Waals surface area contributed by atoms with Crippen molar-refractivity contribution in [1.29, 1.82) is 0 Å². The van der Waals surface area contributed by atoms with Crippen LogP contribution in [-0.4, -0.2) is 30.2 Å². The summed E-state index contributed by atoms with van der Waals surface area (Å²) < 4.78 is 33.8. The molecule has 1 aliphatic heterocycles. The molecule has 176 valence electrons. The van der Waals surface area contributed by atoms with Gasteiger partial charge in [0.1, 0.15) is 6.10 Å². The molecule has 5 rings (SSSR count). The minimum absolute atomic E-state index is 0.184. The topological polar surface area (TPSA) is 32.8 Å². The third-order valence-electron chi connectivity index (χ3n) is 7.01. The number of benzene rings is 3. The first-order chi connectivity index (χ1) is 16.5. The number of piperidine rings is 1. The Labute approximate surface area is 198 Å². The maximum atomic E-state index is 14.1. The molecule has 0 N–H and O–H groups in total. The van der Waals surface area contributed by atoms with E-state index >= 15 is 0 Å². The maximum absolute atomic E-state index is 14.1. The molecule has 6 heteroatoms. The molecule has 2 fully saturated rings. The van der Waals surface area contributed by atoms with E-state index in [4.69, 9.17) is 4.74 Å². The van der Waals surface area contributed by atoms with Crippen LogP contribution in [0.3, 0.4) is 0 Å². The van der Waals surface area contributed by atoms with Gasteiger partial charge in [-0.1, -0.05) is 48.5 Å². The highest BCUT2D eigenvalue weighted by Gasteiger charge is 2.45. The van der Waals surface area contributed by atoms with Gasteiger partial charge in [-0.2, -0.15) is 0 Å². The molecule has 34 heavy (non-hydrogen) atoms. The summed E-state index contributed by atoms with van der Waals surface area (Å²) in [5.41, 5.74) is 2.95. The Kier molecular flexibility index (Phi) is 6.33. The number of likely N-dealkylation sites (tertiary alicyclic amines) is 1. The lowest BCUT2D eigenvalue weighted by Gasteiger charge is -2.38. The van der Waals surface area contributed by atoms with Gasteiger partial charge in [-0.25, -0.2) is 18.5 Å². The van der Waals surface area contributed by atoms with Crippen molar-refractivity contribution in [2.24, 2.45) is 11.8 Å². The average Bonchev–Trinajstić information content (AvgIpc) is 3.05. The number of carbonyl (C=O) groups is 1. The molecule has 1 amide bonds. The highest BCUT2D eigenvalue weighted by Crippen LogP contribution is 2.40. The van der Waals surface area contributed by atoms with Gasteiger partial charge in [0.15, 0.2) is 11.6 Å². The molecule has 0 radical (unpaired) electrons. The molecule has 0 spiro atoms. The van der Waals surface area contributed by atoms with E-state index in [1.807, 2.05) is 31.2 Å². The number of halogens is 2. The van der Waals surface area contributed by atoms with Gasteiger partial charge in [0.2, 0.25) is 0 Å². The zero-order chi connectivity index (χ0) is 23.7. The molecule has 1 saturated carbocycles. The number of anilines is 2. The van der Waals surface area contributed by atoms with E-state index in [1.165, 1.54) is 16.5 Å². The first kappa shape index (κ1) is 22.5. The fourth-order valence-electron chi connectivity index (χ4n) is 5.38. The van der Waals surface area contributed by atoms with Crippen LogP contribution < -0.4 is 4.90 Å². The Morgan fingerprint density at radius 1 is 0.941 bits per heavy atom. The smallest absolute Gasteiger partial charge is 0.419 e. The van der Waals surface area contributed by atoms with Crippen molar-refractivity contribution in [3.05, 3.63) is 95.6 Å². The van der Waals surface area contributed by atoms with Gasteiger partial charge < -0.3 is 4.74 Å². The van der Waals surface area contributed by atoms with Crippen LogP contribution in [0.4, 0.5) is 25.0 Å². The van der Waals surface area contributed by atoms with Crippen LogP contribution in [-0.2, 0) is 11.3 Å². The predicted molar refractivity (Wildman–Crippen MR) is 128 cm³/mol. The van der Waals surface area contributed by atoms with E-state index in [2.05, 4.69) is 29.2 Å². The molecule has 1 heterocycles. The summed E-state index contributed by atoms with van der Waals surface area (Å²) in [6.07, 6.45) is 1.29. The molecular formula is C28H28F2N2O2. The lowest BCUT2D eigenvalue weighted by Crippen LogP contribution is -2.47. The van der Waals surface area contributed by atoms with Gasteiger partial charge in [0.25, 0.3) is 0 Å². The summed E-state index contributed by atoms with van der Waals surface area (Å²) in [5, 5.41) is 0. The molecule has 2 bridgehead atoms. The van der Waals surface area contributed by atoms with Crippen molar-refractivity contribution in [2.45, 2.75) is 32.4 Å². The van der Waals surface area contributed by atoms with Crippen LogP contribution in [0.25, 0.3) is 0 Å². The monoisotopic (exact) mass is 462 g/mol. The first-order valence-corrected chi connectivity index (χ1v) is 11.8. The predicted octanol–water partition coefficient (Wildman–Crippen LogP) is 6.46. The van der Waals surface area contributed by atoms with Gasteiger partial charge in [-0.3, -0.25) is 4.90 Å². The van der Waals surface area contributed by atoms with Crippen LogP contribution in [0.15, 0.2) is 72.8 Å². The fraction of sp³-hybridized carbons (Fsp3) is 0.321. The summed E-state index contributed by atoms with van der Waals surface area (Å²) in [7, 11) is 0. The summed E-state index contributed by atoms with van der Waals surface area (Å²) in [4.78, 5) is 17.3. The largest absolute Gasteiger partial charge is 0.445 e. The van der Waals surface area contributed by atoms with Crippen molar-refractivity contribution in [1.82, 2.24) is 4.90 Å². The molecule has 1 saturated heterocycles.